The van der Waals surface area contributed by atoms with Crippen molar-refractivity contribution in [1.29, 1.82) is 0 Å². The van der Waals surface area contributed by atoms with Crippen LogP contribution in [0, 0.1) is 0 Å². The summed E-state index contributed by atoms with van der Waals surface area (Å²) in [7, 11) is 0. The van der Waals surface area contributed by atoms with Crippen LogP contribution in [0.1, 0.15) is 29.6 Å². The Balaban J connectivity index is 1.73. The summed E-state index contributed by atoms with van der Waals surface area (Å²) in [5, 5.41) is 3.30. The van der Waals surface area contributed by atoms with Crippen molar-refractivity contribution in [3.63, 3.8) is 0 Å². The summed E-state index contributed by atoms with van der Waals surface area (Å²) >= 11 is 11.7. The molecule has 2 amide bonds. The van der Waals surface area contributed by atoms with Gasteiger partial charge in [-0.25, -0.2) is 0 Å². The number of likely N-dealkylation sites (tertiary alicyclic amines) is 1. The molecule has 1 aromatic carbocycles. The number of nitrogens with two attached hydrogens (primary N) is 1. The normalized spacial score (nSPS) is 15.2. The van der Waals surface area contributed by atoms with Crippen molar-refractivity contribution in [2.24, 2.45) is 5.73 Å². The second-order valence-electron chi connectivity index (χ2n) is 5.90. The highest BCUT2D eigenvalue weighted by Crippen LogP contribution is 2.22. The third-order valence-corrected chi connectivity index (χ3v) is 4.82. The predicted molar refractivity (Wildman–Crippen MR) is 98.0 cm³/mol. The van der Waals surface area contributed by atoms with Crippen molar-refractivity contribution in [3.05, 3.63) is 33.8 Å². The molecule has 0 atom stereocenters. The fourth-order valence-corrected chi connectivity index (χ4v) is 2.91. The number of nitrogens with zero attached hydrogens (tertiary/aromatic N) is 1. The van der Waals surface area contributed by atoms with E-state index < -0.39 is 0 Å². The average Bonchev–Trinajstić information content (AvgIpc) is 2.62. The number of nitrogens with one attached hydrogen (secondary N) is 1. The van der Waals surface area contributed by atoms with Crippen molar-refractivity contribution in [2.75, 3.05) is 32.8 Å². The van der Waals surface area contributed by atoms with Gasteiger partial charge in [-0.05, 0) is 44.0 Å². The zero-order chi connectivity index (χ0) is 18.2. The van der Waals surface area contributed by atoms with E-state index in [1.54, 1.807) is 17.0 Å². The molecule has 1 aromatic rings. The fourth-order valence-electron chi connectivity index (χ4n) is 2.61. The molecule has 3 N–H and O–H groups in total. The lowest BCUT2D eigenvalue weighted by Gasteiger charge is -2.32. The molecule has 8 heteroatoms. The van der Waals surface area contributed by atoms with Gasteiger partial charge in [0.2, 0.25) is 5.91 Å². The molecule has 138 valence electrons. The van der Waals surface area contributed by atoms with Gasteiger partial charge in [0.25, 0.3) is 5.91 Å². The van der Waals surface area contributed by atoms with Crippen molar-refractivity contribution >= 4 is 35.0 Å². The van der Waals surface area contributed by atoms with Gasteiger partial charge < -0.3 is 20.7 Å². The van der Waals surface area contributed by atoms with Gasteiger partial charge in [-0.2, -0.15) is 0 Å². The van der Waals surface area contributed by atoms with Crippen molar-refractivity contribution in [3.8, 4) is 0 Å². The second kappa shape index (κ2) is 9.97. The number of ether oxygens (including phenoxy) is 1. The monoisotopic (exact) mass is 387 g/mol. The third-order valence-electron chi connectivity index (χ3n) is 4.08. The van der Waals surface area contributed by atoms with Gasteiger partial charge in [-0.1, -0.05) is 23.2 Å². The largest absolute Gasteiger partial charge is 0.378 e. The maximum Gasteiger partial charge on any atom is 0.251 e. The van der Waals surface area contributed by atoms with Gasteiger partial charge in [0, 0.05) is 25.3 Å². The van der Waals surface area contributed by atoms with Crippen molar-refractivity contribution in [1.82, 2.24) is 10.2 Å². The number of carbonyl (C=O) groups is 2. The maximum atomic E-state index is 12.2. The standard InChI is InChI=1S/C17H23Cl2N3O3/c18-14-3-2-12(10-15(14)19)17(24)21-11-16(23)22-7-4-13(5-8-22)25-9-1-6-20/h2-3,10,13H,1,4-9,11,20H2,(H,21,24). The number of halogens is 2. The van der Waals surface area contributed by atoms with Gasteiger partial charge in [0.05, 0.1) is 22.7 Å². The van der Waals surface area contributed by atoms with E-state index in [0.717, 1.165) is 19.3 Å². The summed E-state index contributed by atoms with van der Waals surface area (Å²) < 4.78 is 5.72. The molecule has 0 unspecified atom stereocenters. The Labute approximate surface area is 157 Å². The van der Waals surface area contributed by atoms with Crippen molar-refractivity contribution in [2.45, 2.75) is 25.4 Å². The van der Waals surface area contributed by atoms with E-state index in [2.05, 4.69) is 5.32 Å². The number of amides is 2. The smallest absolute Gasteiger partial charge is 0.251 e. The molecule has 1 fully saturated rings. The summed E-state index contributed by atoms with van der Waals surface area (Å²) in [6, 6.07) is 4.60. The summed E-state index contributed by atoms with van der Waals surface area (Å²) in [5.74, 6) is -0.458. The fraction of sp³-hybridized carbons (Fsp3) is 0.529. The Morgan fingerprint density at radius 3 is 2.60 bits per heavy atom. The van der Waals surface area contributed by atoms with Gasteiger partial charge in [-0.15, -0.1) is 0 Å². The molecule has 0 spiro atoms. The highest BCUT2D eigenvalue weighted by atomic mass is 35.5. The molecule has 0 bridgehead atoms. The molecule has 1 saturated heterocycles. The Bertz CT molecular complexity index is 605. The van der Waals surface area contributed by atoms with E-state index in [1.807, 2.05) is 0 Å². The quantitative estimate of drug-likeness (QED) is 0.701. The Hall–Kier alpha value is -1.34. The molecule has 25 heavy (non-hydrogen) atoms. The Kier molecular flexibility index (Phi) is 7.96. The number of carbonyl (C=O) groups excluding carboxylic acids is 2. The van der Waals surface area contributed by atoms with Crippen LogP contribution in [0.3, 0.4) is 0 Å². The maximum absolute atomic E-state index is 12.2. The first-order valence-electron chi connectivity index (χ1n) is 8.34. The first kappa shape index (κ1) is 20.0. The van der Waals surface area contributed by atoms with E-state index in [4.69, 9.17) is 33.7 Å². The van der Waals surface area contributed by atoms with Crippen LogP contribution in [-0.4, -0.2) is 55.6 Å². The van der Waals surface area contributed by atoms with Gasteiger partial charge in [-0.3, -0.25) is 9.59 Å². The number of benzene rings is 1. The Morgan fingerprint density at radius 2 is 1.96 bits per heavy atom. The van der Waals surface area contributed by atoms with E-state index in [0.29, 0.717) is 41.8 Å². The van der Waals surface area contributed by atoms with Crippen LogP contribution in [0.2, 0.25) is 10.0 Å². The lowest BCUT2D eigenvalue weighted by Crippen LogP contribution is -2.45. The average molecular weight is 388 g/mol. The molecule has 1 aliphatic rings. The SMILES string of the molecule is NCCCOC1CCN(C(=O)CNC(=O)c2ccc(Cl)c(Cl)c2)CC1. The molecular formula is C17H23Cl2N3O3. The minimum absolute atomic E-state index is 0.0439. The molecule has 6 nitrogen and oxygen atoms in total. The number of piperidine rings is 1. The van der Waals surface area contributed by atoms with Crippen LogP contribution >= 0.6 is 23.2 Å². The molecule has 0 aliphatic carbocycles. The topological polar surface area (TPSA) is 84.7 Å². The van der Waals surface area contributed by atoms with Crippen LogP contribution < -0.4 is 11.1 Å². The summed E-state index contributed by atoms with van der Waals surface area (Å²) in [6.07, 6.45) is 2.63. The minimum Gasteiger partial charge on any atom is -0.378 e. The summed E-state index contributed by atoms with van der Waals surface area (Å²) in [5.41, 5.74) is 5.81. The van der Waals surface area contributed by atoms with Gasteiger partial charge in [0.15, 0.2) is 0 Å². The number of rotatable bonds is 7. The van der Waals surface area contributed by atoms with Crippen LogP contribution in [0.4, 0.5) is 0 Å². The van der Waals surface area contributed by atoms with E-state index in [-0.39, 0.29) is 24.5 Å². The molecule has 1 aliphatic heterocycles. The van der Waals surface area contributed by atoms with Crippen LogP contribution in [-0.2, 0) is 9.53 Å². The van der Waals surface area contributed by atoms with E-state index in [1.165, 1.54) is 6.07 Å². The highest BCUT2D eigenvalue weighted by molar-refractivity contribution is 6.42. The summed E-state index contributed by atoms with van der Waals surface area (Å²) in [4.78, 5) is 26.1. The van der Waals surface area contributed by atoms with Crippen LogP contribution in [0.25, 0.3) is 0 Å². The van der Waals surface area contributed by atoms with Gasteiger partial charge >= 0.3 is 0 Å². The summed E-state index contributed by atoms with van der Waals surface area (Å²) in [6.45, 7) is 2.51. The third kappa shape index (κ3) is 6.15. The molecule has 2 rings (SSSR count). The lowest BCUT2D eigenvalue weighted by atomic mass is 10.1. The van der Waals surface area contributed by atoms with Crippen LogP contribution in [0.15, 0.2) is 18.2 Å². The minimum atomic E-state index is -0.355. The molecule has 1 heterocycles. The molecule has 0 radical (unpaired) electrons. The predicted octanol–water partition coefficient (Wildman–Crippen LogP) is 2.08. The van der Waals surface area contributed by atoms with Gasteiger partial charge in [0.1, 0.15) is 0 Å². The number of hydrogen-bond acceptors (Lipinski definition) is 4. The first-order chi connectivity index (χ1) is 12.0. The number of hydrogen-bond donors (Lipinski definition) is 2. The second-order valence-corrected chi connectivity index (χ2v) is 6.72. The Morgan fingerprint density at radius 1 is 1.24 bits per heavy atom. The van der Waals surface area contributed by atoms with Crippen molar-refractivity contribution < 1.29 is 14.3 Å². The zero-order valence-electron chi connectivity index (χ0n) is 14.0. The zero-order valence-corrected chi connectivity index (χ0v) is 15.5. The van der Waals surface area contributed by atoms with E-state index >= 15 is 0 Å². The first-order valence-corrected chi connectivity index (χ1v) is 9.09. The van der Waals surface area contributed by atoms with E-state index in [9.17, 15) is 9.59 Å². The molecular weight excluding hydrogens is 365 g/mol. The lowest BCUT2D eigenvalue weighted by molar-refractivity contribution is -0.132. The molecule has 0 aromatic heterocycles. The molecule has 0 saturated carbocycles. The van der Waals surface area contributed by atoms with Crippen LogP contribution in [0.5, 0.6) is 0 Å². The highest BCUT2D eigenvalue weighted by Gasteiger charge is 2.23.